The summed E-state index contributed by atoms with van der Waals surface area (Å²) >= 11 is 0. The third-order valence-electron chi connectivity index (χ3n) is 4.30. The molecule has 0 bridgehead atoms. The lowest BCUT2D eigenvalue weighted by Gasteiger charge is -2.33. The van der Waals surface area contributed by atoms with E-state index in [-0.39, 0.29) is 17.4 Å². The van der Waals surface area contributed by atoms with E-state index >= 15 is 0 Å². The smallest absolute Gasteiger partial charge is 0.224 e. The standard InChI is InChI=1S/C15H28N2O/c1-10(2)8-15(3,9-16)17-14(18)13(11-4-5-11)12-6-7-12/h10-13H,4-9,16H2,1-3H3,(H,17,18). The lowest BCUT2D eigenvalue weighted by Crippen LogP contribution is -2.54. The van der Waals surface area contributed by atoms with Crippen LogP contribution in [-0.4, -0.2) is 18.0 Å². The van der Waals surface area contributed by atoms with Crippen LogP contribution in [0.4, 0.5) is 0 Å². The first-order valence-corrected chi connectivity index (χ1v) is 7.47. The summed E-state index contributed by atoms with van der Waals surface area (Å²) in [6.07, 6.45) is 5.95. The molecule has 18 heavy (non-hydrogen) atoms. The number of rotatable bonds is 7. The number of nitrogens with one attached hydrogen (secondary N) is 1. The Morgan fingerprint density at radius 2 is 1.78 bits per heavy atom. The zero-order chi connectivity index (χ0) is 13.3. The summed E-state index contributed by atoms with van der Waals surface area (Å²) in [6, 6.07) is 0. The van der Waals surface area contributed by atoms with Gasteiger partial charge in [-0.25, -0.2) is 0 Å². The molecular weight excluding hydrogens is 224 g/mol. The molecular formula is C15H28N2O. The molecule has 2 saturated carbocycles. The molecule has 1 amide bonds. The van der Waals surface area contributed by atoms with Gasteiger partial charge in [-0.05, 0) is 56.8 Å². The van der Waals surface area contributed by atoms with Crippen LogP contribution in [0.1, 0.15) is 52.9 Å². The van der Waals surface area contributed by atoms with Gasteiger partial charge in [0, 0.05) is 18.0 Å². The van der Waals surface area contributed by atoms with E-state index in [0.717, 1.165) is 6.42 Å². The monoisotopic (exact) mass is 252 g/mol. The molecule has 0 spiro atoms. The number of hydrogen-bond donors (Lipinski definition) is 2. The highest BCUT2D eigenvalue weighted by Crippen LogP contribution is 2.49. The van der Waals surface area contributed by atoms with Crippen molar-refractivity contribution >= 4 is 5.91 Å². The van der Waals surface area contributed by atoms with E-state index in [9.17, 15) is 4.79 Å². The molecule has 0 radical (unpaired) electrons. The number of nitrogens with two attached hydrogens (primary N) is 1. The van der Waals surface area contributed by atoms with Crippen LogP contribution < -0.4 is 11.1 Å². The van der Waals surface area contributed by atoms with E-state index in [1.54, 1.807) is 0 Å². The van der Waals surface area contributed by atoms with Gasteiger partial charge in [0.2, 0.25) is 5.91 Å². The van der Waals surface area contributed by atoms with Crippen LogP contribution in [0.25, 0.3) is 0 Å². The molecule has 3 heteroatoms. The average Bonchev–Trinajstić information content (AvgIpc) is 3.09. The number of amides is 1. The normalized spacial score (nSPS) is 23.2. The van der Waals surface area contributed by atoms with Crippen molar-refractivity contribution in [1.29, 1.82) is 0 Å². The minimum absolute atomic E-state index is 0.229. The molecule has 2 aliphatic carbocycles. The Bertz CT molecular complexity index is 296. The van der Waals surface area contributed by atoms with Gasteiger partial charge in [-0.15, -0.1) is 0 Å². The third kappa shape index (κ3) is 3.47. The van der Waals surface area contributed by atoms with Crippen LogP contribution in [0.15, 0.2) is 0 Å². The van der Waals surface area contributed by atoms with Crippen molar-refractivity contribution in [3.63, 3.8) is 0 Å². The maximum absolute atomic E-state index is 12.5. The van der Waals surface area contributed by atoms with Crippen LogP contribution in [0.5, 0.6) is 0 Å². The van der Waals surface area contributed by atoms with Crippen LogP contribution in [0.3, 0.4) is 0 Å². The second-order valence-electron chi connectivity index (χ2n) is 7.05. The Kier molecular flexibility index (Phi) is 4.00. The predicted octanol–water partition coefficient (Wildman–Crippen LogP) is 2.30. The molecule has 1 unspecified atom stereocenters. The van der Waals surface area contributed by atoms with Crippen LogP contribution in [-0.2, 0) is 4.79 Å². The van der Waals surface area contributed by atoms with Crippen LogP contribution >= 0.6 is 0 Å². The van der Waals surface area contributed by atoms with Crippen molar-refractivity contribution in [3.05, 3.63) is 0 Å². The van der Waals surface area contributed by atoms with Crippen molar-refractivity contribution in [3.8, 4) is 0 Å². The van der Waals surface area contributed by atoms with E-state index < -0.39 is 0 Å². The summed E-state index contributed by atoms with van der Waals surface area (Å²) < 4.78 is 0. The zero-order valence-electron chi connectivity index (χ0n) is 12.0. The highest BCUT2D eigenvalue weighted by Gasteiger charge is 2.46. The van der Waals surface area contributed by atoms with Gasteiger partial charge in [0.15, 0.2) is 0 Å². The molecule has 0 heterocycles. The number of hydrogen-bond acceptors (Lipinski definition) is 2. The van der Waals surface area contributed by atoms with E-state index in [4.69, 9.17) is 5.73 Å². The summed E-state index contributed by atoms with van der Waals surface area (Å²) in [6.45, 7) is 6.97. The number of carbonyl (C=O) groups excluding carboxylic acids is 1. The SMILES string of the molecule is CC(C)CC(C)(CN)NC(=O)C(C1CC1)C1CC1. The minimum Gasteiger partial charge on any atom is -0.349 e. The van der Waals surface area contributed by atoms with Gasteiger partial charge in [-0.1, -0.05) is 13.8 Å². The Balaban J connectivity index is 1.94. The van der Waals surface area contributed by atoms with E-state index in [0.29, 0.717) is 24.3 Å². The summed E-state index contributed by atoms with van der Waals surface area (Å²) in [7, 11) is 0. The van der Waals surface area contributed by atoms with Gasteiger partial charge in [-0.2, -0.15) is 0 Å². The van der Waals surface area contributed by atoms with Gasteiger partial charge >= 0.3 is 0 Å². The topological polar surface area (TPSA) is 55.1 Å². The molecule has 2 rings (SSSR count). The molecule has 0 saturated heterocycles. The van der Waals surface area contributed by atoms with Gasteiger partial charge in [0.1, 0.15) is 0 Å². The first-order chi connectivity index (χ1) is 8.45. The quantitative estimate of drug-likeness (QED) is 0.730. The molecule has 3 nitrogen and oxygen atoms in total. The Morgan fingerprint density at radius 3 is 2.11 bits per heavy atom. The lowest BCUT2D eigenvalue weighted by molar-refractivity contribution is -0.128. The molecule has 0 aromatic rings. The lowest BCUT2D eigenvalue weighted by atomic mass is 9.88. The third-order valence-corrected chi connectivity index (χ3v) is 4.30. The van der Waals surface area contributed by atoms with Crippen molar-refractivity contribution in [2.75, 3.05) is 6.54 Å². The maximum Gasteiger partial charge on any atom is 0.224 e. The summed E-state index contributed by atoms with van der Waals surface area (Å²) in [5, 5.41) is 3.25. The van der Waals surface area contributed by atoms with E-state index in [2.05, 4.69) is 26.1 Å². The van der Waals surface area contributed by atoms with Crippen LogP contribution in [0, 0.1) is 23.7 Å². The van der Waals surface area contributed by atoms with Crippen molar-refractivity contribution in [2.45, 2.75) is 58.4 Å². The Morgan fingerprint density at radius 1 is 1.28 bits per heavy atom. The first kappa shape index (κ1) is 13.9. The van der Waals surface area contributed by atoms with Gasteiger partial charge in [0.05, 0.1) is 0 Å². The Hall–Kier alpha value is -0.570. The Labute approximate surface area is 111 Å². The number of carbonyl (C=O) groups is 1. The first-order valence-electron chi connectivity index (χ1n) is 7.47. The summed E-state index contributed by atoms with van der Waals surface area (Å²) in [5.41, 5.74) is 5.64. The molecule has 2 aliphatic rings. The fourth-order valence-corrected chi connectivity index (χ4v) is 3.19. The summed E-state index contributed by atoms with van der Waals surface area (Å²) in [5.74, 6) is 2.44. The second-order valence-corrected chi connectivity index (χ2v) is 7.05. The fraction of sp³-hybridized carbons (Fsp3) is 0.933. The molecule has 0 aliphatic heterocycles. The second kappa shape index (κ2) is 5.20. The minimum atomic E-state index is -0.229. The van der Waals surface area contributed by atoms with Crippen LogP contribution in [0.2, 0.25) is 0 Å². The van der Waals surface area contributed by atoms with E-state index in [1.165, 1.54) is 25.7 Å². The maximum atomic E-state index is 12.5. The molecule has 0 aromatic carbocycles. The average molecular weight is 252 g/mol. The molecule has 2 fully saturated rings. The molecule has 3 N–H and O–H groups in total. The molecule has 1 atom stereocenters. The van der Waals surface area contributed by atoms with Gasteiger partial charge in [0.25, 0.3) is 0 Å². The zero-order valence-corrected chi connectivity index (χ0v) is 12.0. The fourth-order valence-electron chi connectivity index (χ4n) is 3.19. The van der Waals surface area contributed by atoms with E-state index in [1.807, 2.05) is 0 Å². The molecule has 0 aromatic heterocycles. The highest BCUT2D eigenvalue weighted by molar-refractivity contribution is 5.80. The highest BCUT2D eigenvalue weighted by atomic mass is 16.2. The summed E-state index contributed by atoms with van der Waals surface area (Å²) in [4.78, 5) is 12.5. The predicted molar refractivity (Wildman–Crippen MR) is 74.0 cm³/mol. The van der Waals surface area contributed by atoms with Crippen molar-refractivity contribution in [2.24, 2.45) is 29.4 Å². The van der Waals surface area contributed by atoms with Gasteiger partial charge in [-0.3, -0.25) is 4.79 Å². The van der Waals surface area contributed by atoms with Crippen molar-refractivity contribution in [1.82, 2.24) is 5.32 Å². The largest absolute Gasteiger partial charge is 0.349 e. The molecule has 104 valence electrons. The van der Waals surface area contributed by atoms with Crippen molar-refractivity contribution < 1.29 is 4.79 Å². The van der Waals surface area contributed by atoms with Gasteiger partial charge < -0.3 is 11.1 Å².